The number of aromatic amines is 1. The molecule has 3 aromatic rings. The Bertz CT molecular complexity index is 1140. The van der Waals surface area contributed by atoms with Crippen LogP contribution in [0.3, 0.4) is 0 Å². The molecule has 0 aliphatic rings. The first kappa shape index (κ1) is 22.7. The number of halogens is 2. The van der Waals surface area contributed by atoms with Crippen molar-refractivity contribution >= 4 is 35.1 Å². The number of hydrogen-bond acceptors (Lipinski definition) is 4. The summed E-state index contributed by atoms with van der Waals surface area (Å²) in [7, 11) is 0. The zero-order valence-corrected chi connectivity index (χ0v) is 18.0. The largest absolute Gasteiger partial charge is 0.481 e. The Balaban J connectivity index is 1.78. The van der Waals surface area contributed by atoms with Gasteiger partial charge in [-0.1, -0.05) is 54.4 Å². The van der Waals surface area contributed by atoms with Gasteiger partial charge in [0, 0.05) is 21.7 Å². The molecule has 2 atom stereocenters. The minimum Gasteiger partial charge on any atom is -0.481 e. The van der Waals surface area contributed by atoms with E-state index in [1.807, 2.05) is 24.3 Å². The topological polar surface area (TPSA) is 112 Å². The molecule has 3 rings (SSSR count). The smallest absolute Gasteiger partial charge is 0.306 e. The van der Waals surface area contributed by atoms with Crippen LogP contribution in [0.1, 0.15) is 29.5 Å². The number of rotatable bonds is 8. The van der Waals surface area contributed by atoms with E-state index in [0.29, 0.717) is 16.5 Å². The summed E-state index contributed by atoms with van der Waals surface area (Å²) in [4.78, 5) is 34.9. The van der Waals surface area contributed by atoms with Crippen molar-refractivity contribution < 1.29 is 19.2 Å². The maximum Gasteiger partial charge on any atom is 0.306 e. The minimum absolute atomic E-state index is 0.163. The molecular formula is C22H20Cl2N2O5. The monoisotopic (exact) mass is 462 g/mol. The summed E-state index contributed by atoms with van der Waals surface area (Å²) in [6.07, 6.45) is 0.596. The molecule has 0 spiro atoms. The fourth-order valence-corrected chi connectivity index (χ4v) is 3.59. The average Bonchev–Trinajstić information content (AvgIpc) is 3.17. The van der Waals surface area contributed by atoms with Crippen LogP contribution in [-0.4, -0.2) is 28.2 Å². The van der Waals surface area contributed by atoms with Crippen LogP contribution in [-0.2, 0) is 11.2 Å². The molecule has 9 heteroatoms. The molecule has 0 bridgehead atoms. The van der Waals surface area contributed by atoms with Crippen LogP contribution in [0.25, 0.3) is 11.1 Å². The summed E-state index contributed by atoms with van der Waals surface area (Å²) in [5.41, 5.74) is 2.04. The number of carboxylic acid groups (broad SMARTS) is 1. The van der Waals surface area contributed by atoms with E-state index in [4.69, 9.17) is 27.7 Å². The van der Waals surface area contributed by atoms with Crippen LogP contribution in [0.4, 0.5) is 0 Å². The highest BCUT2D eigenvalue weighted by molar-refractivity contribution is 6.35. The molecule has 3 N–H and O–H groups in total. The van der Waals surface area contributed by atoms with Crippen LogP contribution in [0, 0.1) is 5.92 Å². The molecule has 0 radical (unpaired) electrons. The van der Waals surface area contributed by atoms with Gasteiger partial charge >= 0.3 is 5.97 Å². The van der Waals surface area contributed by atoms with Gasteiger partial charge in [0.15, 0.2) is 0 Å². The molecule has 1 amide bonds. The number of nitrogens with one attached hydrogen (secondary N) is 2. The van der Waals surface area contributed by atoms with Crippen molar-refractivity contribution in [2.45, 2.75) is 25.8 Å². The summed E-state index contributed by atoms with van der Waals surface area (Å²) in [6, 6.07) is 13.3. The van der Waals surface area contributed by atoms with E-state index in [1.54, 1.807) is 25.1 Å². The van der Waals surface area contributed by atoms with Gasteiger partial charge in [-0.15, -0.1) is 0 Å². The molecule has 0 aliphatic carbocycles. The van der Waals surface area contributed by atoms with E-state index in [1.165, 1.54) is 0 Å². The Hall–Kier alpha value is -3.03. The second-order valence-corrected chi connectivity index (χ2v) is 8.09. The zero-order chi connectivity index (χ0) is 22.5. The van der Waals surface area contributed by atoms with Gasteiger partial charge in [0.05, 0.1) is 12.0 Å². The van der Waals surface area contributed by atoms with Gasteiger partial charge in [0.1, 0.15) is 0 Å². The predicted octanol–water partition coefficient (Wildman–Crippen LogP) is 4.39. The molecule has 0 aliphatic heterocycles. The summed E-state index contributed by atoms with van der Waals surface area (Å²) < 4.78 is 4.83. The summed E-state index contributed by atoms with van der Waals surface area (Å²) >= 11 is 12.3. The lowest BCUT2D eigenvalue weighted by molar-refractivity contribution is -0.141. The van der Waals surface area contributed by atoms with Crippen LogP contribution in [0.15, 0.2) is 57.8 Å². The quantitative estimate of drug-likeness (QED) is 0.459. The first-order valence-corrected chi connectivity index (χ1v) is 10.2. The van der Waals surface area contributed by atoms with Crippen LogP contribution in [0.2, 0.25) is 10.0 Å². The highest BCUT2D eigenvalue weighted by Crippen LogP contribution is 2.30. The van der Waals surface area contributed by atoms with Crippen molar-refractivity contribution in [3.63, 3.8) is 0 Å². The molecular weight excluding hydrogens is 443 g/mol. The summed E-state index contributed by atoms with van der Waals surface area (Å²) in [5, 5.41) is 15.2. The molecule has 1 heterocycles. The van der Waals surface area contributed by atoms with Crippen LogP contribution >= 0.6 is 23.2 Å². The van der Waals surface area contributed by atoms with Gasteiger partial charge in [-0.05, 0) is 42.2 Å². The van der Waals surface area contributed by atoms with Crippen molar-refractivity contribution in [3.8, 4) is 11.1 Å². The van der Waals surface area contributed by atoms with E-state index in [-0.39, 0.29) is 12.2 Å². The lowest BCUT2D eigenvalue weighted by Crippen LogP contribution is -2.38. The highest BCUT2D eigenvalue weighted by Gasteiger charge is 2.22. The summed E-state index contributed by atoms with van der Waals surface area (Å²) in [6.45, 7) is 1.57. The predicted molar refractivity (Wildman–Crippen MR) is 118 cm³/mol. The first-order chi connectivity index (χ1) is 14.7. The molecule has 1 aromatic heterocycles. The third-order valence-corrected chi connectivity index (χ3v) is 5.38. The standard InChI is InChI=1S/C22H20Cl2N2O5/c1-12(22(29)30)8-16(25-21(28)19-11-20(27)26-31-19)9-13-2-4-14(5-3-13)17-10-15(23)6-7-18(17)24/h2-7,10-12,16H,8-9H2,1H3,(H,25,28)(H,26,27)(H,29,30)/t12-,16?/m0/s1. The minimum atomic E-state index is -0.960. The van der Waals surface area contributed by atoms with Gasteiger partial charge in [0.25, 0.3) is 11.5 Å². The lowest BCUT2D eigenvalue weighted by Gasteiger charge is -2.20. The van der Waals surface area contributed by atoms with E-state index in [2.05, 4.69) is 10.5 Å². The van der Waals surface area contributed by atoms with Crippen LogP contribution < -0.4 is 10.9 Å². The third-order valence-electron chi connectivity index (χ3n) is 4.82. The van der Waals surface area contributed by atoms with Gasteiger partial charge in [0.2, 0.25) is 5.76 Å². The maximum absolute atomic E-state index is 12.4. The molecule has 2 aromatic carbocycles. The normalized spacial score (nSPS) is 12.9. The van der Waals surface area contributed by atoms with Crippen molar-refractivity contribution in [1.82, 2.24) is 10.5 Å². The molecule has 7 nitrogen and oxygen atoms in total. The third kappa shape index (κ3) is 5.99. The van der Waals surface area contributed by atoms with Crippen molar-refractivity contribution in [1.29, 1.82) is 0 Å². The number of carboxylic acids is 1. The second-order valence-electron chi connectivity index (χ2n) is 7.25. The van der Waals surface area contributed by atoms with Crippen LogP contribution in [0.5, 0.6) is 0 Å². The molecule has 0 saturated heterocycles. The number of carbonyl (C=O) groups excluding carboxylic acids is 1. The van der Waals surface area contributed by atoms with E-state index >= 15 is 0 Å². The van der Waals surface area contributed by atoms with Gasteiger partial charge in [-0.3, -0.25) is 14.4 Å². The highest BCUT2D eigenvalue weighted by atomic mass is 35.5. The second kappa shape index (κ2) is 9.85. The maximum atomic E-state index is 12.4. The van der Waals surface area contributed by atoms with Gasteiger partial charge < -0.3 is 14.9 Å². The fourth-order valence-electron chi connectivity index (χ4n) is 3.20. The molecule has 1 unspecified atom stereocenters. The number of hydrogen-bond donors (Lipinski definition) is 3. The zero-order valence-electron chi connectivity index (χ0n) is 16.5. The Kier molecular flexibility index (Phi) is 7.20. The molecule has 31 heavy (non-hydrogen) atoms. The molecule has 0 saturated carbocycles. The average molecular weight is 463 g/mol. The number of H-pyrrole nitrogens is 1. The van der Waals surface area contributed by atoms with Crippen molar-refractivity contribution in [3.05, 3.63) is 80.3 Å². The Morgan fingerprint density at radius 2 is 1.84 bits per heavy atom. The van der Waals surface area contributed by atoms with Gasteiger partial charge in [-0.2, -0.15) is 5.16 Å². The number of carbonyl (C=O) groups is 2. The Morgan fingerprint density at radius 3 is 2.45 bits per heavy atom. The first-order valence-electron chi connectivity index (χ1n) is 9.49. The number of amides is 1. The van der Waals surface area contributed by atoms with E-state index in [0.717, 1.165) is 22.8 Å². The fraction of sp³-hybridized carbons (Fsp3) is 0.227. The Morgan fingerprint density at radius 1 is 1.13 bits per heavy atom. The SMILES string of the molecule is C[C@@H](CC(Cc1ccc(-c2cc(Cl)ccc2Cl)cc1)NC(=O)c1cc(=O)[nH]o1)C(=O)O. The molecule has 162 valence electrons. The van der Waals surface area contributed by atoms with E-state index in [9.17, 15) is 19.5 Å². The van der Waals surface area contributed by atoms with Gasteiger partial charge in [-0.25, -0.2) is 0 Å². The summed E-state index contributed by atoms with van der Waals surface area (Å²) in [5.74, 6) is -2.39. The number of benzene rings is 2. The Labute approximate surface area is 188 Å². The van der Waals surface area contributed by atoms with Crippen molar-refractivity contribution in [2.75, 3.05) is 0 Å². The lowest BCUT2D eigenvalue weighted by atomic mass is 9.95. The molecule has 0 fully saturated rings. The number of aliphatic carboxylic acids is 1. The number of aromatic nitrogens is 1. The van der Waals surface area contributed by atoms with Crippen molar-refractivity contribution in [2.24, 2.45) is 5.92 Å². The van der Waals surface area contributed by atoms with E-state index < -0.39 is 29.4 Å².